The van der Waals surface area contributed by atoms with E-state index >= 15 is 0 Å². The third-order valence-electron chi connectivity index (χ3n) is 10.0. The second-order valence-corrected chi connectivity index (χ2v) is 13.9. The van der Waals surface area contributed by atoms with Crippen molar-refractivity contribution < 1.29 is 4.42 Å². The molecule has 3 heteroatoms. The molecule has 10 rings (SSSR count). The zero-order valence-electron chi connectivity index (χ0n) is 26.8. The Labute approximate surface area is 288 Å². The van der Waals surface area contributed by atoms with Crippen molar-refractivity contribution in [3.8, 4) is 11.1 Å². The number of benzene rings is 7. The fourth-order valence-corrected chi connectivity index (χ4v) is 8.81. The molecule has 0 fully saturated rings. The summed E-state index contributed by atoms with van der Waals surface area (Å²) < 4.78 is 8.84. The van der Waals surface area contributed by atoms with Crippen LogP contribution in [0.15, 0.2) is 162 Å². The second kappa shape index (κ2) is 11.4. The minimum atomic E-state index is 0.946. The molecule has 9 aromatic rings. The topological polar surface area (TPSA) is 16.4 Å². The Morgan fingerprint density at radius 1 is 0.490 bits per heavy atom. The molecule has 1 aliphatic carbocycles. The van der Waals surface area contributed by atoms with Crippen molar-refractivity contribution >= 4 is 82.2 Å². The van der Waals surface area contributed by atoms with Crippen LogP contribution in [0.4, 0.5) is 17.1 Å². The van der Waals surface area contributed by atoms with Gasteiger partial charge in [0.1, 0.15) is 11.2 Å². The van der Waals surface area contributed by atoms with Gasteiger partial charge in [-0.05, 0) is 94.8 Å². The summed E-state index contributed by atoms with van der Waals surface area (Å²) in [6.45, 7) is 0. The number of allylic oxidation sites excluding steroid dienone is 1. The molecular weight excluding hydrogens is 615 g/mol. The van der Waals surface area contributed by atoms with E-state index in [0.717, 1.165) is 35.4 Å². The average Bonchev–Trinajstić information content (AvgIpc) is 3.75. The zero-order valence-corrected chi connectivity index (χ0v) is 27.6. The van der Waals surface area contributed by atoms with Gasteiger partial charge in [-0.15, -0.1) is 11.3 Å². The predicted octanol–water partition coefficient (Wildman–Crippen LogP) is 13.6. The highest BCUT2D eigenvalue weighted by Crippen LogP contribution is 2.45. The largest absolute Gasteiger partial charge is 0.456 e. The number of anilines is 3. The molecule has 7 aromatic carbocycles. The SMILES string of the molecule is C1=C(c2ccc(N(c3ccc(-c4ccccc4)cc3)c3cccc4c3sc3ccccc34)cc2)CCc2ccc3oc4ccccc4c3c21. The predicted molar refractivity (Wildman–Crippen MR) is 209 cm³/mol. The van der Waals surface area contributed by atoms with Gasteiger partial charge in [0.25, 0.3) is 0 Å². The molecule has 2 nitrogen and oxygen atoms in total. The quantitative estimate of drug-likeness (QED) is 0.185. The van der Waals surface area contributed by atoms with Crippen molar-refractivity contribution in [3.05, 3.63) is 174 Å². The number of furan rings is 1. The third kappa shape index (κ3) is 4.69. The number of hydrogen-bond donors (Lipinski definition) is 0. The molecule has 0 radical (unpaired) electrons. The summed E-state index contributed by atoms with van der Waals surface area (Å²) in [6, 6.07) is 57.0. The van der Waals surface area contributed by atoms with Crippen LogP contribution in [-0.2, 0) is 6.42 Å². The molecule has 0 saturated heterocycles. The number of nitrogens with zero attached hydrogens (tertiary/aromatic N) is 1. The first kappa shape index (κ1) is 28.1. The lowest BCUT2D eigenvalue weighted by Crippen LogP contribution is -2.10. The van der Waals surface area contributed by atoms with Crippen molar-refractivity contribution in [2.24, 2.45) is 0 Å². The van der Waals surface area contributed by atoms with Crippen LogP contribution in [0.3, 0.4) is 0 Å². The Balaban J connectivity index is 1.09. The summed E-state index contributed by atoms with van der Waals surface area (Å²) in [5.74, 6) is 0. The summed E-state index contributed by atoms with van der Waals surface area (Å²) >= 11 is 1.87. The van der Waals surface area contributed by atoms with Crippen molar-refractivity contribution in [3.63, 3.8) is 0 Å². The molecule has 2 aromatic heterocycles. The van der Waals surface area contributed by atoms with E-state index < -0.39 is 0 Å². The van der Waals surface area contributed by atoms with Gasteiger partial charge in [0.05, 0.1) is 10.4 Å². The highest BCUT2D eigenvalue weighted by Gasteiger charge is 2.21. The van der Waals surface area contributed by atoms with Gasteiger partial charge in [-0.3, -0.25) is 0 Å². The molecule has 232 valence electrons. The molecule has 0 amide bonds. The van der Waals surface area contributed by atoms with E-state index in [4.69, 9.17) is 4.42 Å². The average molecular weight is 646 g/mol. The first-order chi connectivity index (χ1) is 24.3. The highest BCUT2D eigenvalue weighted by molar-refractivity contribution is 7.26. The van der Waals surface area contributed by atoms with Crippen molar-refractivity contribution in [1.29, 1.82) is 0 Å². The number of hydrogen-bond acceptors (Lipinski definition) is 3. The molecule has 0 saturated carbocycles. The molecule has 0 bridgehead atoms. The Morgan fingerprint density at radius 2 is 1.16 bits per heavy atom. The van der Waals surface area contributed by atoms with E-state index in [9.17, 15) is 0 Å². The van der Waals surface area contributed by atoms with Gasteiger partial charge >= 0.3 is 0 Å². The summed E-state index contributed by atoms with van der Waals surface area (Å²) in [6.07, 6.45) is 4.43. The van der Waals surface area contributed by atoms with E-state index in [1.807, 2.05) is 17.4 Å². The van der Waals surface area contributed by atoms with Crippen LogP contribution < -0.4 is 4.90 Å². The minimum Gasteiger partial charge on any atom is -0.456 e. The molecule has 1 aliphatic rings. The lowest BCUT2D eigenvalue weighted by molar-refractivity contribution is 0.668. The second-order valence-electron chi connectivity index (χ2n) is 12.8. The van der Waals surface area contributed by atoms with Gasteiger partial charge in [-0.1, -0.05) is 115 Å². The molecule has 0 N–H and O–H groups in total. The first-order valence-corrected chi connectivity index (χ1v) is 17.7. The van der Waals surface area contributed by atoms with E-state index in [1.54, 1.807) is 0 Å². The summed E-state index contributed by atoms with van der Waals surface area (Å²) in [5, 5.41) is 5.02. The standard InChI is InChI=1S/C46H31NOS/c1-2-9-30(10-3-1)31-19-24-35(25-20-31)47(41-14-8-13-38-37-11-5-7-16-44(37)49-46(38)41)36-26-21-32(22-27-36)34-18-17-33-23-28-43-45(40(33)29-34)39-12-4-6-15-42(39)48-43/h1-16,19-29H,17-18H2. The fraction of sp³-hybridized carbons (Fsp3) is 0.0435. The maximum Gasteiger partial charge on any atom is 0.136 e. The summed E-state index contributed by atoms with van der Waals surface area (Å²) in [5.41, 5.74) is 13.1. The maximum atomic E-state index is 6.23. The molecule has 49 heavy (non-hydrogen) atoms. The van der Waals surface area contributed by atoms with Gasteiger partial charge < -0.3 is 9.32 Å². The zero-order chi connectivity index (χ0) is 32.3. The highest BCUT2D eigenvalue weighted by atomic mass is 32.1. The Morgan fingerprint density at radius 3 is 1.98 bits per heavy atom. The van der Waals surface area contributed by atoms with Gasteiger partial charge in [-0.25, -0.2) is 0 Å². The minimum absolute atomic E-state index is 0.946. The van der Waals surface area contributed by atoms with Gasteiger partial charge in [0.15, 0.2) is 0 Å². The maximum absolute atomic E-state index is 6.23. The summed E-state index contributed by atoms with van der Waals surface area (Å²) in [4.78, 5) is 2.42. The van der Waals surface area contributed by atoms with E-state index in [-0.39, 0.29) is 0 Å². The Bertz CT molecular complexity index is 2700. The van der Waals surface area contributed by atoms with Crippen LogP contribution in [0, 0.1) is 0 Å². The van der Waals surface area contributed by atoms with E-state index in [0.29, 0.717) is 0 Å². The van der Waals surface area contributed by atoms with Crippen LogP contribution in [0.1, 0.15) is 23.1 Å². The lowest BCUT2D eigenvalue weighted by atomic mass is 9.86. The van der Waals surface area contributed by atoms with Crippen LogP contribution in [0.2, 0.25) is 0 Å². The molecule has 0 spiro atoms. The van der Waals surface area contributed by atoms with E-state index in [2.05, 4.69) is 163 Å². The number of rotatable bonds is 5. The monoisotopic (exact) mass is 645 g/mol. The Kier molecular flexibility index (Phi) is 6.53. The number of aryl methyl sites for hydroxylation is 1. The van der Waals surface area contributed by atoms with Gasteiger partial charge in [0.2, 0.25) is 0 Å². The van der Waals surface area contributed by atoms with Gasteiger partial charge in [0, 0.05) is 37.6 Å². The van der Waals surface area contributed by atoms with Crippen molar-refractivity contribution in [1.82, 2.24) is 0 Å². The summed E-state index contributed by atoms with van der Waals surface area (Å²) in [7, 11) is 0. The third-order valence-corrected chi connectivity index (χ3v) is 11.2. The van der Waals surface area contributed by atoms with E-state index in [1.165, 1.54) is 70.0 Å². The normalized spacial score (nSPS) is 12.9. The van der Waals surface area contributed by atoms with Crippen LogP contribution >= 0.6 is 11.3 Å². The Hall–Kier alpha value is -5.90. The van der Waals surface area contributed by atoms with Crippen LogP contribution in [0.25, 0.3) is 64.9 Å². The molecule has 0 atom stereocenters. The number of para-hydroxylation sites is 1. The van der Waals surface area contributed by atoms with Gasteiger partial charge in [-0.2, -0.15) is 0 Å². The number of thiophene rings is 1. The van der Waals surface area contributed by atoms with Crippen LogP contribution in [0.5, 0.6) is 0 Å². The first-order valence-electron chi connectivity index (χ1n) is 16.9. The number of fused-ring (bicyclic) bond motifs is 8. The fourth-order valence-electron chi connectivity index (χ4n) is 7.61. The smallest absolute Gasteiger partial charge is 0.136 e. The van der Waals surface area contributed by atoms with Crippen molar-refractivity contribution in [2.45, 2.75) is 12.8 Å². The van der Waals surface area contributed by atoms with Crippen LogP contribution in [-0.4, -0.2) is 0 Å². The molecule has 2 heterocycles. The molecule has 0 aliphatic heterocycles. The molecule has 0 unspecified atom stereocenters. The lowest BCUT2D eigenvalue weighted by Gasteiger charge is -2.27. The van der Waals surface area contributed by atoms with Crippen molar-refractivity contribution in [2.75, 3.05) is 4.90 Å². The molecular formula is C46H31NOS.